The maximum Gasteiger partial charge on any atom is 0.0478 e. The molecule has 3 N–H and O–H groups in total. The Bertz CT molecular complexity index is 88.6. The van der Waals surface area contributed by atoms with Gasteiger partial charge in [-0.3, -0.25) is 0 Å². The Morgan fingerprint density at radius 2 is 2.17 bits per heavy atom. The molecule has 0 bridgehead atoms. The van der Waals surface area contributed by atoms with Crippen molar-refractivity contribution in [3.8, 4) is 0 Å². The highest BCUT2D eigenvalue weighted by Crippen LogP contribution is 1.85. The van der Waals surface area contributed by atoms with Gasteiger partial charge >= 0.3 is 0 Å². The summed E-state index contributed by atoms with van der Waals surface area (Å²) >= 11 is 0. The average molecular weight is 174 g/mol. The van der Waals surface area contributed by atoms with Crippen molar-refractivity contribution in [2.45, 2.75) is 32.7 Å². The quantitative estimate of drug-likeness (QED) is 0.534. The Kier molecular flexibility index (Phi) is 8.88. The second kappa shape index (κ2) is 8.97. The lowest BCUT2D eigenvalue weighted by atomic mass is 10.3. The maximum atomic E-state index is 5.44. The minimum atomic E-state index is 0.427. The predicted octanol–water partition coefficient (Wildman–Crippen LogP) is 0.740. The maximum absolute atomic E-state index is 5.44. The standard InChI is InChI=1S/C9H22N2O/c1-3-6-12-7-4-5-11-9(2)8-10/h9,11H,3-8,10H2,1-2H3. The zero-order valence-corrected chi connectivity index (χ0v) is 8.31. The largest absolute Gasteiger partial charge is 0.381 e. The van der Waals surface area contributed by atoms with Gasteiger partial charge in [0.1, 0.15) is 0 Å². The lowest BCUT2D eigenvalue weighted by Crippen LogP contribution is -2.34. The SMILES string of the molecule is CCCOCCCNC(C)CN. The molecule has 0 saturated heterocycles. The van der Waals surface area contributed by atoms with Crippen LogP contribution in [0.2, 0.25) is 0 Å². The van der Waals surface area contributed by atoms with Crippen LogP contribution in [0.4, 0.5) is 0 Å². The van der Waals surface area contributed by atoms with E-state index in [2.05, 4.69) is 19.2 Å². The molecule has 3 nitrogen and oxygen atoms in total. The summed E-state index contributed by atoms with van der Waals surface area (Å²) < 4.78 is 5.33. The summed E-state index contributed by atoms with van der Waals surface area (Å²) in [5.41, 5.74) is 5.44. The van der Waals surface area contributed by atoms with Crippen LogP contribution in [0.1, 0.15) is 26.7 Å². The normalized spacial score (nSPS) is 13.2. The summed E-state index contributed by atoms with van der Waals surface area (Å²) in [5.74, 6) is 0. The van der Waals surface area contributed by atoms with Crippen molar-refractivity contribution in [2.75, 3.05) is 26.3 Å². The number of rotatable bonds is 8. The monoisotopic (exact) mass is 174 g/mol. The number of nitrogens with two attached hydrogens (primary N) is 1. The van der Waals surface area contributed by atoms with Crippen LogP contribution in [-0.4, -0.2) is 32.3 Å². The van der Waals surface area contributed by atoms with Crippen molar-refractivity contribution in [3.63, 3.8) is 0 Å². The van der Waals surface area contributed by atoms with Crippen LogP contribution in [0.5, 0.6) is 0 Å². The van der Waals surface area contributed by atoms with Crippen LogP contribution in [0.15, 0.2) is 0 Å². The summed E-state index contributed by atoms with van der Waals surface area (Å²) in [4.78, 5) is 0. The highest BCUT2D eigenvalue weighted by atomic mass is 16.5. The van der Waals surface area contributed by atoms with Gasteiger partial charge in [-0.05, 0) is 26.3 Å². The Labute approximate surface area is 75.7 Å². The predicted molar refractivity (Wildman–Crippen MR) is 52.2 cm³/mol. The van der Waals surface area contributed by atoms with Gasteiger partial charge in [0.25, 0.3) is 0 Å². The number of hydrogen-bond acceptors (Lipinski definition) is 3. The number of nitrogens with one attached hydrogen (secondary N) is 1. The van der Waals surface area contributed by atoms with Crippen LogP contribution < -0.4 is 11.1 Å². The van der Waals surface area contributed by atoms with Gasteiger partial charge in [0.15, 0.2) is 0 Å². The second-order valence-corrected chi connectivity index (χ2v) is 3.06. The molecule has 0 rings (SSSR count). The average Bonchev–Trinajstić information content (AvgIpc) is 2.10. The molecule has 0 aromatic rings. The molecular formula is C9H22N2O. The van der Waals surface area contributed by atoms with E-state index in [9.17, 15) is 0 Å². The molecule has 0 aliphatic carbocycles. The topological polar surface area (TPSA) is 47.3 Å². The molecule has 0 spiro atoms. The lowest BCUT2D eigenvalue weighted by Gasteiger charge is -2.10. The first-order chi connectivity index (χ1) is 5.81. The van der Waals surface area contributed by atoms with Crippen molar-refractivity contribution < 1.29 is 4.74 Å². The number of hydrogen-bond donors (Lipinski definition) is 2. The molecule has 0 saturated carbocycles. The Morgan fingerprint density at radius 1 is 1.42 bits per heavy atom. The highest BCUT2D eigenvalue weighted by molar-refractivity contribution is 4.59. The van der Waals surface area contributed by atoms with E-state index in [1.54, 1.807) is 0 Å². The smallest absolute Gasteiger partial charge is 0.0478 e. The van der Waals surface area contributed by atoms with Crippen molar-refractivity contribution in [3.05, 3.63) is 0 Å². The van der Waals surface area contributed by atoms with E-state index >= 15 is 0 Å². The van der Waals surface area contributed by atoms with E-state index in [4.69, 9.17) is 10.5 Å². The van der Waals surface area contributed by atoms with Gasteiger partial charge in [-0.1, -0.05) is 6.92 Å². The van der Waals surface area contributed by atoms with Gasteiger partial charge in [0.05, 0.1) is 0 Å². The van der Waals surface area contributed by atoms with E-state index in [0.717, 1.165) is 32.6 Å². The third kappa shape index (κ3) is 7.98. The molecule has 1 unspecified atom stereocenters. The second-order valence-electron chi connectivity index (χ2n) is 3.06. The van der Waals surface area contributed by atoms with E-state index in [0.29, 0.717) is 12.6 Å². The molecule has 0 amide bonds. The minimum absolute atomic E-state index is 0.427. The highest BCUT2D eigenvalue weighted by Gasteiger charge is 1.95. The molecular weight excluding hydrogens is 152 g/mol. The third-order valence-electron chi connectivity index (χ3n) is 1.66. The zero-order chi connectivity index (χ0) is 9.23. The Balaban J connectivity index is 2.90. The summed E-state index contributed by atoms with van der Waals surface area (Å²) in [6.07, 6.45) is 2.18. The van der Waals surface area contributed by atoms with Crippen molar-refractivity contribution in [1.82, 2.24) is 5.32 Å². The van der Waals surface area contributed by atoms with Crippen molar-refractivity contribution >= 4 is 0 Å². The van der Waals surface area contributed by atoms with Crippen molar-refractivity contribution in [1.29, 1.82) is 0 Å². The van der Waals surface area contributed by atoms with E-state index in [1.807, 2.05) is 0 Å². The molecule has 0 aromatic carbocycles. The molecule has 1 atom stereocenters. The van der Waals surface area contributed by atoms with Crippen molar-refractivity contribution in [2.24, 2.45) is 5.73 Å². The van der Waals surface area contributed by atoms with Gasteiger partial charge in [-0.15, -0.1) is 0 Å². The fourth-order valence-corrected chi connectivity index (χ4v) is 0.852. The van der Waals surface area contributed by atoms with Gasteiger partial charge in [0.2, 0.25) is 0 Å². The fourth-order valence-electron chi connectivity index (χ4n) is 0.852. The zero-order valence-electron chi connectivity index (χ0n) is 8.31. The fraction of sp³-hybridized carbons (Fsp3) is 1.00. The van der Waals surface area contributed by atoms with Crippen LogP contribution >= 0.6 is 0 Å². The summed E-state index contributed by atoms with van der Waals surface area (Å²) in [6.45, 7) is 7.66. The first-order valence-corrected chi connectivity index (χ1v) is 4.82. The molecule has 0 aromatic heterocycles. The molecule has 74 valence electrons. The molecule has 0 radical (unpaired) electrons. The minimum Gasteiger partial charge on any atom is -0.381 e. The summed E-state index contributed by atoms with van der Waals surface area (Å²) in [6, 6.07) is 0.427. The van der Waals surface area contributed by atoms with E-state index < -0.39 is 0 Å². The Hall–Kier alpha value is -0.120. The first-order valence-electron chi connectivity index (χ1n) is 4.82. The molecule has 0 fully saturated rings. The Morgan fingerprint density at radius 3 is 2.75 bits per heavy atom. The number of ether oxygens (including phenoxy) is 1. The third-order valence-corrected chi connectivity index (χ3v) is 1.66. The molecule has 0 heterocycles. The van der Waals surface area contributed by atoms with Crippen LogP contribution in [-0.2, 0) is 4.74 Å². The summed E-state index contributed by atoms with van der Waals surface area (Å²) in [5, 5.41) is 3.30. The molecule has 0 aliphatic rings. The first kappa shape index (κ1) is 11.9. The van der Waals surface area contributed by atoms with Crippen LogP contribution in [0.3, 0.4) is 0 Å². The molecule has 3 heteroatoms. The van der Waals surface area contributed by atoms with Gasteiger partial charge in [0, 0.05) is 25.8 Å². The van der Waals surface area contributed by atoms with Crippen LogP contribution in [0.25, 0.3) is 0 Å². The van der Waals surface area contributed by atoms with Gasteiger partial charge < -0.3 is 15.8 Å². The molecule has 0 aliphatic heterocycles. The van der Waals surface area contributed by atoms with Gasteiger partial charge in [-0.25, -0.2) is 0 Å². The summed E-state index contributed by atoms with van der Waals surface area (Å²) in [7, 11) is 0. The van der Waals surface area contributed by atoms with Crippen LogP contribution in [0, 0.1) is 0 Å². The van der Waals surface area contributed by atoms with E-state index in [-0.39, 0.29) is 0 Å². The van der Waals surface area contributed by atoms with E-state index in [1.165, 1.54) is 0 Å². The lowest BCUT2D eigenvalue weighted by molar-refractivity contribution is 0.132. The van der Waals surface area contributed by atoms with Gasteiger partial charge in [-0.2, -0.15) is 0 Å². The molecule has 12 heavy (non-hydrogen) atoms.